The van der Waals surface area contributed by atoms with Crippen molar-refractivity contribution in [2.75, 3.05) is 10.5 Å². The second kappa shape index (κ2) is 5.36. The van der Waals surface area contributed by atoms with Crippen molar-refractivity contribution in [3.63, 3.8) is 0 Å². The van der Waals surface area contributed by atoms with Crippen molar-refractivity contribution >= 4 is 33.1 Å². The predicted molar refractivity (Wildman–Crippen MR) is 75.6 cm³/mol. The number of rotatable bonds is 3. The lowest BCUT2D eigenvalue weighted by molar-refractivity contribution is 0.601. The zero-order valence-corrected chi connectivity index (χ0v) is 11.6. The van der Waals surface area contributed by atoms with Crippen molar-refractivity contribution < 1.29 is 8.42 Å². The Balaban J connectivity index is 2.41. The number of para-hydroxylation sites is 1. The summed E-state index contributed by atoms with van der Waals surface area (Å²) in [5.41, 5.74) is 5.83. The van der Waals surface area contributed by atoms with E-state index in [4.69, 9.17) is 22.6 Å². The Bertz CT molecular complexity index is 799. The molecule has 1 aromatic heterocycles. The van der Waals surface area contributed by atoms with Crippen molar-refractivity contribution in [1.29, 1.82) is 5.26 Å². The Hall–Kier alpha value is -2.30. The Morgan fingerprint density at radius 1 is 1.35 bits per heavy atom. The van der Waals surface area contributed by atoms with Crippen LogP contribution in [0.25, 0.3) is 0 Å². The summed E-state index contributed by atoms with van der Waals surface area (Å²) in [6, 6.07) is 9.35. The summed E-state index contributed by atoms with van der Waals surface area (Å²) < 4.78 is 26.7. The molecule has 0 aliphatic carbocycles. The van der Waals surface area contributed by atoms with Gasteiger partial charge in [-0.05, 0) is 18.2 Å². The molecule has 102 valence electrons. The molecule has 0 aliphatic rings. The van der Waals surface area contributed by atoms with Crippen LogP contribution < -0.4 is 10.5 Å². The number of nitrogen functional groups attached to an aromatic ring is 1. The Morgan fingerprint density at radius 3 is 2.70 bits per heavy atom. The number of nitriles is 1. The minimum atomic E-state index is -3.89. The monoisotopic (exact) mass is 308 g/mol. The van der Waals surface area contributed by atoms with E-state index >= 15 is 0 Å². The molecule has 3 N–H and O–H groups in total. The third-order valence-corrected chi connectivity index (χ3v) is 4.08. The number of hydrogen-bond donors (Lipinski definition) is 2. The van der Waals surface area contributed by atoms with Gasteiger partial charge in [-0.2, -0.15) is 5.26 Å². The molecule has 6 nitrogen and oxygen atoms in total. The summed E-state index contributed by atoms with van der Waals surface area (Å²) in [4.78, 5) is 3.56. The van der Waals surface area contributed by atoms with E-state index in [1.807, 2.05) is 6.07 Å². The first-order chi connectivity index (χ1) is 9.44. The minimum absolute atomic E-state index is 0.0430. The normalized spacial score (nSPS) is 10.8. The third kappa shape index (κ3) is 2.82. The van der Waals surface area contributed by atoms with Gasteiger partial charge in [0.2, 0.25) is 0 Å². The van der Waals surface area contributed by atoms with E-state index in [0.29, 0.717) is 0 Å². The van der Waals surface area contributed by atoms with Crippen LogP contribution in [-0.4, -0.2) is 13.4 Å². The van der Waals surface area contributed by atoms with Gasteiger partial charge in [0.15, 0.2) is 0 Å². The molecule has 1 aromatic carbocycles. The summed E-state index contributed by atoms with van der Waals surface area (Å²) in [5, 5.41) is 8.97. The molecular weight excluding hydrogens is 300 g/mol. The predicted octanol–water partition coefficient (Wildman–Crippen LogP) is 1.99. The highest BCUT2D eigenvalue weighted by molar-refractivity contribution is 7.92. The molecular formula is C12H9ClN4O2S. The lowest BCUT2D eigenvalue weighted by Crippen LogP contribution is -2.14. The zero-order valence-electron chi connectivity index (χ0n) is 10.0. The van der Waals surface area contributed by atoms with Crippen LogP contribution in [-0.2, 0) is 10.0 Å². The van der Waals surface area contributed by atoms with Crippen molar-refractivity contribution in [3.05, 3.63) is 47.1 Å². The number of aromatic nitrogens is 1. The smallest absolute Gasteiger partial charge is 0.263 e. The molecule has 2 rings (SSSR count). The summed E-state index contributed by atoms with van der Waals surface area (Å²) >= 11 is 5.75. The number of sulfonamides is 1. The van der Waals surface area contributed by atoms with Gasteiger partial charge in [0.1, 0.15) is 16.8 Å². The minimum Gasteiger partial charge on any atom is -0.382 e. The quantitative estimate of drug-likeness (QED) is 0.901. The summed E-state index contributed by atoms with van der Waals surface area (Å²) in [6.07, 6.45) is 1.10. The van der Waals surface area contributed by atoms with E-state index in [2.05, 4.69) is 9.71 Å². The van der Waals surface area contributed by atoms with Gasteiger partial charge in [0.05, 0.1) is 16.3 Å². The second-order valence-electron chi connectivity index (χ2n) is 3.80. The van der Waals surface area contributed by atoms with Gasteiger partial charge in [-0.25, -0.2) is 13.4 Å². The number of nitrogens with two attached hydrogens (primary N) is 1. The molecule has 0 unspecified atom stereocenters. The van der Waals surface area contributed by atoms with Crippen molar-refractivity contribution in [3.8, 4) is 6.07 Å². The fourth-order valence-electron chi connectivity index (χ4n) is 1.45. The van der Waals surface area contributed by atoms with Crippen molar-refractivity contribution in [2.45, 2.75) is 4.90 Å². The maximum absolute atomic E-state index is 12.2. The van der Waals surface area contributed by atoms with Crippen LogP contribution in [0.4, 0.5) is 11.5 Å². The van der Waals surface area contributed by atoms with Crippen LogP contribution in [0.2, 0.25) is 5.02 Å². The van der Waals surface area contributed by atoms with Crippen LogP contribution in [0.1, 0.15) is 5.56 Å². The number of benzene rings is 1. The fourth-order valence-corrected chi connectivity index (χ4v) is 2.73. The topological polar surface area (TPSA) is 109 Å². The molecule has 0 radical (unpaired) electrons. The molecule has 2 aromatic rings. The molecule has 0 atom stereocenters. The first-order valence-corrected chi connectivity index (χ1v) is 7.23. The average molecular weight is 309 g/mol. The highest BCUT2D eigenvalue weighted by Crippen LogP contribution is 2.23. The van der Waals surface area contributed by atoms with Gasteiger partial charge in [-0.15, -0.1) is 0 Å². The van der Waals surface area contributed by atoms with Gasteiger partial charge in [0, 0.05) is 6.20 Å². The Morgan fingerprint density at radius 2 is 2.05 bits per heavy atom. The van der Waals surface area contributed by atoms with Crippen LogP contribution in [0, 0.1) is 11.3 Å². The van der Waals surface area contributed by atoms with E-state index in [1.165, 1.54) is 18.2 Å². The third-order valence-electron chi connectivity index (χ3n) is 2.45. The maximum Gasteiger partial charge on any atom is 0.263 e. The second-order valence-corrected chi connectivity index (χ2v) is 5.89. The van der Waals surface area contributed by atoms with Gasteiger partial charge in [-0.1, -0.05) is 23.7 Å². The lowest BCUT2D eigenvalue weighted by Gasteiger charge is -2.09. The number of hydrogen-bond acceptors (Lipinski definition) is 5. The zero-order chi connectivity index (χ0) is 14.8. The molecule has 8 heteroatoms. The van der Waals surface area contributed by atoms with E-state index in [9.17, 15) is 8.42 Å². The Labute approximate surface area is 120 Å². The summed E-state index contributed by atoms with van der Waals surface area (Å²) in [6.45, 7) is 0. The fraction of sp³-hybridized carbons (Fsp3) is 0. The standard InChI is InChI=1S/C12H9ClN4O2S/c13-10-5-9(7-16-12(10)15)20(18,19)17-11-4-2-1-3-8(11)6-14/h1-5,7,17H,(H2,15,16). The van der Waals surface area contributed by atoms with Crippen molar-refractivity contribution in [1.82, 2.24) is 4.98 Å². The maximum atomic E-state index is 12.2. The van der Waals surface area contributed by atoms with Crippen LogP contribution in [0.3, 0.4) is 0 Å². The molecule has 0 saturated heterocycles. The summed E-state index contributed by atoms with van der Waals surface area (Å²) in [7, 11) is -3.89. The molecule has 0 aliphatic heterocycles. The number of pyridine rings is 1. The lowest BCUT2D eigenvalue weighted by atomic mass is 10.2. The first kappa shape index (κ1) is 14.1. The van der Waals surface area contributed by atoms with Crippen LogP contribution in [0.15, 0.2) is 41.4 Å². The van der Waals surface area contributed by atoms with Gasteiger partial charge in [-0.3, -0.25) is 4.72 Å². The molecule has 0 fully saturated rings. The van der Waals surface area contributed by atoms with Gasteiger partial charge >= 0.3 is 0 Å². The SMILES string of the molecule is N#Cc1ccccc1NS(=O)(=O)c1cnc(N)c(Cl)c1. The van der Waals surface area contributed by atoms with Crippen LogP contribution >= 0.6 is 11.6 Å². The summed E-state index contributed by atoms with van der Waals surface area (Å²) in [5.74, 6) is 0.0445. The number of nitrogens with one attached hydrogen (secondary N) is 1. The first-order valence-electron chi connectivity index (χ1n) is 5.37. The van der Waals surface area contributed by atoms with E-state index < -0.39 is 10.0 Å². The van der Waals surface area contributed by atoms with E-state index in [-0.39, 0.29) is 27.0 Å². The van der Waals surface area contributed by atoms with Crippen LogP contribution in [0.5, 0.6) is 0 Å². The highest BCUT2D eigenvalue weighted by atomic mass is 35.5. The van der Waals surface area contributed by atoms with Gasteiger partial charge < -0.3 is 5.73 Å². The Kier molecular flexibility index (Phi) is 3.79. The van der Waals surface area contributed by atoms with E-state index in [0.717, 1.165) is 6.20 Å². The highest BCUT2D eigenvalue weighted by Gasteiger charge is 2.17. The largest absolute Gasteiger partial charge is 0.382 e. The average Bonchev–Trinajstić information content (AvgIpc) is 2.42. The molecule has 0 amide bonds. The molecule has 1 heterocycles. The number of halogens is 1. The van der Waals surface area contributed by atoms with E-state index in [1.54, 1.807) is 12.1 Å². The molecule has 0 bridgehead atoms. The van der Waals surface area contributed by atoms with Crippen molar-refractivity contribution in [2.24, 2.45) is 0 Å². The number of nitrogens with zero attached hydrogens (tertiary/aromatic N) is 2. The molecule has 0 spiro atoms. The van der Waals surface area contributed by atoms with Gasteiger partial charge in [0.25, 0.3) is 10.0 Å². The molecule has 0 saturated carbocycles. The number of anilines is 2. The molecule has 20 heavy (non-hydrogen) atoms.